The normalized spacial score (nSPS) is 10.2. The van der Waals surface area contributed by atoms with E-state index < -0.39 is 11.9 Å². The van der Waals surface area contributed by atoms with Gasteiger partial charge in [0.2, 0.25) is 0 Å². The van der Waals surface area contributed by atoms with Crippen LogP contribution in [0, 0.1) is 20.8 Å². The third-order valence-electron chi connectivity index (χ3n) is 3.45. The molecule has 25 heavy (non-hydrogen) atoms. The van der Waals surface area contributed by atoms with Crippen LogP contribution in [-0.4, -0.2) is 25.1 Å². The van der Waals surface area contributed by atoms with Crippen LogP contribution in [0.5, 0.6) is 5.75 Å². The van der Waals surface area contributed by atoms with Crippen molar-refractivity contribution in [1.82, 2.24) is 0 Å². The molecule has 132 valence electrons. The van der Waals surface area contributed by atoms with Crippen LogP contribution in [0.4, 0.5) is 5.69 Å². The van der Waals surface area contributed by atoms with E-state index in [1.54, 1.807) is 12.1 Å². The highest BCUT2D eigenvalue weighted by atomic mass is 79.9. The summed E-state index contributed by atoms with van der Waals surface area (Å²) in [5.41, 5.74) is 3.66. The van der Waals surface area contributed by atoms with E-state index in [0.717, 1.165) is 21.2 Å². The Bertz CT molecular complexity index is 766. The Balaban J connectivity index is 1.81. The number of benzene rings is 2. The van der Waals surface area contributed by atoms with Crippen molar-refractivity contribution in [3.8, 4) is 5.75 Å². The van der Waals surface area contributed by atoms with Crippen molar-refractivity contribution in [3.05, 3.63) is 57.6 Å². The van der Waals surface area contributed by atoms with Crippen LogP contribution in [0.25, 0.3) is 0 Å². The first-order chi connectivity index (χ1) is 11.9. The van der Waals surface area contributed by atoms with Gasteiger partial charge in [-0.15, -0.1) is 0 Å². The number of carbonyl (C=O) groups excluding carboxylic acids is 2. The Morgan fingerprint density at radius 1 is 1.04 bits per heavy atom. The van der Waals surface area contributed by atoms with Crippen molar-refractivity contribution in [3.63, 3.8) is 0 Å². The average Bonchev–Trinajstić information content (AvgIpc) is 2.54. The van der Waals surface area contributed by atoms with Crippen LogP contribution in [0.2, 0.25) is 0 Å². The summed E-state index contributed by atoms with van der Waals surface area (Å²) in [6, 6.07) is 11.2. The number of hydrogen-bond acceptors (Lipinski definition) is 4. The van der Waals surface area contributed by atoms with Crippen LogP contribution in [0.3, 0.4) is 0 Å². The van der Waals surface area contributed by atoms with Gasteiger partial charge in [0.15, 0.2) is 13.2 Å². The molecule has 5 nitrogen and oxygen atoms in total. The Morgan fingerprint density at radius 2 is 1.68 bits per heavy atom. The molecule has 0 saturated carbocycles. The van der Waals surface area contributed by atoms with Crippen molar-refractivity contribution >= 4 is 33.5 Å². The maximum Gasteiger partial charge on any atom is 0.344 e. The molecular formula is C19H20BrNO4. The van der Waals surface area contributed by atoms with Crippen LogP contribution < -0.4 is 10.1 Å². The van der Waals surface area contributed by atoms with Gasteiger partial charge in [-0.2, -0.15) is 0 Å². The summed E-state index contributed by atoms with van der Waals surface area (Å²) in [5, 5.41) is 2.66. The smallest absolute Gasteiger partial charge is 0.344 e. The molecule has 2 aromatic carbocycles. The van der Waals surface area contributed by atoms with Gasteiger partial charge in [0.05, 0.1) is 5.69 Å². The lowest BCUT2D eigenvalue weighted by Crippen LogP contribution is -2.24. The SMILES string of the molecule is Cc1cc(C)c(OCC(=O)OCC(=O)Nc2ccccc2Br)c(C)c1. The highest BCUT2D eigenvalue weighted by Gasteiger charge is 2.12. The number of para-hydroxylation sites is 1. The molecule has 6 heteroatoms. The molecule has 0 aliphatic rings. The van der Waals surface area contributed by atoms with E-state index in [9.17, 15) is 9.59 Å². The van der Waals surface area contributed by atoms with E-state index in [-0.39, 0.29) is 13.2 Å². The fourth-order valence-electron chi connectivity index (χ4n) is 2.46. The first-order valence-electron chi connectivity index (χ1n) is 7.77. The zero-order valence-electron chi connectivity index (χ0n) is 14.4. The lowest BCUT2D eigenvalue weighted by Gasteiger charge is -2.13. The Kier molecular flexibility index (Phi) is 6.58. The Morgan fingerprint density at radius 3 is 2.32 bits per heavy atom. The summed E-state index contributed by atoms with van der Waals surface area (Å²) in [7, 11) is 0. The van der Waals surface area contributed by atoms with Crippen molar-refractivity contribution in [2.45, 2.75) is 20.8 Å². The van der Waals surface area contributed by atoms with E-state index in [1.165, 1.54) is 0 Å². The lowest BCUT2D eigenvalue weighted by atomic mass is 10.1. The number of rotatable bonds is 6. The number of amides is 1. The van der Waals surface area contributed by atoms with E-state index in [0.29, 0.717) is 11.4 Å². The number of carbonyl (C=O) groups is 2. The first-order valence-corrected chi connectivity index (χ1v) is 8.56. The third-order valence-corrected chi connectivity index (χ3v) is 4.14. The molecular weight excluding hydrogens is 386 g/mol. The molecule has 0 unspecified atom stereocenters. The van der Waals surface area contributed by atoms with Gasteiger partial charge in [-0.3, -0.25) is 4.79 Å². The minimum Gasteiger partial charge on any atom is -0.481 e. The third kappa shape index (κ3) is 5.60. The van der Waals surface area contributed by atoms with Crippen molar-refractivity contribution < 1.29 is 19.1 Å². The monoisotopic (exact) mass is 405 g/mol. The second kappa shape index (κ2) is 8.67. The van der Waals surface area contributed by atoms with Crippen molar-refractivity contribution in [2.75, 3.05) is 18.5 Å². The first kappa shape index (κ1) is 19.0. The number of hydrogen-bond donors (Lipinski definition) is 1. The average molecular weight is 406 g/mol. The molecule has 0 aliphatic heterocycles. The van der Waals surface area contributed by atoms with E-state index in [2.05, 4.69) is 21.2 Å². The zero-order chi connectivity index (χ0) is 18.4. The Labute approximate surface area is 155 Å². The van der Waals surface area contributed by atoms with Crippen molar-refractivity contribution in [2.24, 2.45) is 0 Å². The highest BCUT2D eigenvalue weighted by molar-refractivity contribution is 9.10. The molecule has 1 N–H and O–H groups in total. The summed E-state index contributed by atoms with van der Waals surface area (Å²) in [5.74, 6) is -0.343. The molecule has 0 atom stereocenters. The summed E-state index contributed by atoms with van der Waals surface area (Å²) >= 11 is 3.33. The van der Waals surface area contributed by atoms with Gasteiger partial charge in [0.1, 0.15) is 5.75 Å². The topological polar surface area (TPSA) is 64.6 Å². The largest absolute Gasteiger partial charge is 0.481 e. The van der Waals surface area contributed by atoms with Gasteiger partial charge < -0.3 is 14.8 Å². The lowest BCUT2D eigenvalue weighted by molar-refractivity contribution is -0.149. The van der Waals surface area contributed by atoms with Crippen LogP contribution in [-0.2, 0) is 14.3 Å². The van der Waals surface area contributed by atoms with Gasteiger partial charge >= 0.3 is 5.97 Å². The molecule has 0 radical (unpaired) electrons. The second-order valence-electron chi connectivity index (χ2n) is 5.71. The molecule has 0 bridgehead atoms. The summed E-state index contributed by atoms with van der Waals surface area (Å²) in [6.45, 7) is 5.24. The van der Waals surface area contributed by atoms with Gasteiger partial charge in [-0.1, -0.05) is 29.8 Å². The summed E-state index contributed by atoms with van der Waals surface area (Å²) in [4.78, 5) is 23.6. The number of esters is 1. The fraction of sp³-hybridized carbons (Fsp3) is 0.263. The van der Waals surface area contributed by atoms with Crippen LogP contribution in [0.15, 0.2) is 40.9 Å². The van der Waals surface area contributed by atoms with E-state index in [4.69, 9.17) is 9.47 Å². The quantitative estimate of drug-likeness (QED) is 0.739. The number of halogens is 1. The van der Waals surface area contributed by atoms with E-state index in [1.807, 2.05) is 45.0 Å². The minimum absolute atomic E-state index is 0.243. The zero-order valence-corrected chi connectivity index (χ0v) is 16.0. The predicted octanol–water partition coefficient (Wildman–Crippen LogP) is 3.94. The second-order valence-corrected chi connectivity index (χ2v) is 6.56. The van der Waals surface area contributed by atoms with Gasteiger partial charge in [0, 0.05) is 4.47 Å². The molecule has 2 rings (SSSR count). The highest BCUT2D eigenvalue weighted by Crippen LogP contribution is 2.24. The van der Waals surface area contributed by atoms with Crippen molar-refractivity contribution in [1.29, 1.82) is 0 Å². The van der Waals surface area contributed by atoms with Gasteiger partial charge in [-0.25, -0.2) is 4.79 Å². The molecule has 2 aromatic rings. The van der Waals surface area contributed by atoms with Gasteiger partial charge in [-0.05, 0) is 60.0 Å². The minimum atomic E-state index is -0.596. The molecule has 0 aliphatic carbocycles. The van der Waals surface area contributed by atoms with E-state index >= 15 is 0 Å². The van der Waals surface area contributed by atoms with Crippen LogP contribution in [0.1, 0.15) is 16.7 Å². The molecule has 1 amide bonds. The Hall–Kier alpha value is -2.34. The maximum atomic E-state index is 11.8. The number of anilines is 1. The molecule has 0 fully saturated rings. The molecule has 0 spiro atoms. The fourth-order valence-corrected chi connectivity index (χ4v) is 2.85. The van der Waals surface area contributed by atoms with Gasteiger partial charge in [0.25, 0.3) is 5.91 Å². The number of aryl methyl sites for hydroxylation is 3. The number of nitrogens with one attached hydrogen (secondary N) is 1. The molecule has 0 saturated heterocycles. The number of ether oxygens (including phenoxy) is 2. The predicted molar refractivity (Wildman–Crippen MR) is 99.9 cm³/mol. The molecule has 0 aromatic heterocycles. The standard InChI is InChI=1S/C19H20BrNO4/c1-12-8-13(2)19(14(3)9-12)25-11-18(23)24-10-17(22)21-16-7-5-4-6-15(16)20/h4-9H,10-11H2,1-3H3,(H,21,22). The summed E-state index contributed by atoms with van der Waals surface area (Å²) < 4.78 is 11.2. The maximum absolute atomic E-state index is 11.8. The van der Waals surface area contributed by atoms with Crippen LogP contribution >= 0.6 is 15.9 Å². The molecule has 0 heterocycles. The summed E-state index contributed by atoms with van der Waals surface area (Å²) in [6.07, 6.45) is 0.